The molecule has 0 radical (unpaired) electrons. The molecular formula is C17H22N4O3. The Balaban J connectivity index is 1.68. The van der Waals surface area contributed by atoms with Crippen molar-refractivity contribution in [3.63, 3.8) is 0 Å². The first-order chi connectivity index (χ1) is 11.6. The minimum absolute atomic E-state index is 0.134. The number of ether oxygens (including phenoxy) is 1. The summed E-state index contributed by atoms with van der Waals surface area (Å²) in [5.41, 5.74) is 1.50. The van der Waals surface area contributed by atoms with Gasteiger partial charge in [0.05, 0.1) is 5.69 Å². The van der Waals surface area contributed by atoms with Gasteiger partial charge in [-0.2, -0.15) is 4.98 Å². The van der Waals surface area contributed by atoms with Gasteiger partial charge in [-0.1, -0.05) is 18.5 Å². The normalized spacial score (nSPS) is 17.6. The predicted octanol–water partition coefficient (Wildman–Crippen LogP) is 3.30. The van der Waals surface area contributed by atoms with Crippen molar-refractivity contribution in [3.05, 3.63) is 29.9 Å². The number of carbonyl (C=O) groups is 1. The van der Waals surface area contributed by atoms with E-state index < -0.39 is 6.10 Å². The van der Waals surface area contributed by atoms with E-state index in [0.717, 1.165) is 30.8 Å². The highest BCUT2D eigenvalue weighted by atomic mass is 16.5. The van der Waals surface area contributed by atoms with Gasteiger partial charge in [-0.3, -0.25) is 4.79 Å². The molecule has 0 unspecified atom stereocenters. The summed E-state index contributed by atoms with van der Waals surface area (Å²) in [6.07, 6.45) is 2.49. The van der Waals surface area contributed by atoms with Gasteiger partial charge in [0, 0.05) is 12.1 Å². The van der Waals surface area contributed by atoms with Crippen molar-refractivity contribution in [2.45, 2.75) is 52.2 Å². The van der Waals surface area contributed by atoms with Crippen LogP contribution in [0.4, 0.5) is 11.4 Å². The third-order valence-electron chi connectivity index (χ3n) is 3.90. The second-order valence-electron chi connectivity index (χ2n) is 5.98. The lowest BCUT2D eigenvalue weighted by atomic mass is 10.2. The van der Waals surface area contributed by atoms with E-state index >= 15 is 0 Å². The van der Waals surface area contributed by atoms with Crippen molar-refractivity contribution < 1.29 is 14.1 Å². The van der Waals surface area contributed by atoms with E-state index in [0.29, 0.717) is 17.3 Å². The zero-order valence-corrected chi connectivity index (χ0v) is 14.1. The lowest BCUT2D eigenvalue weighted by Gasteiger charge is -2.24. The molecule has 2 atom stereocenters. The summed E-state index contributed by atoms with van der Waals surface area (Å²) < 4.78 is 10.9. The van der Waals surface area contributed by atoms with Crippen LogP contribution in [0.3, 0.4) is 0 Å². The molecule has 2 N–H and O–H groups in total. The Hall–Kier alpha value is -2.57. The first kappa shape index (κ1) is 16.3. The van der Waals surface area contributed by atoms with E-state index in [9.17, 15) is 4.79 Å². The average molecular weight is 330 g/mol. The van der Waals surface area contributed by atoms with E-state index in [2.05, 4.69) is 27.7 Å². The lowest BCUT2D eigenvalue weighted by Crippen LogP contribution is -2.34. The molecule has 1 aromatic carbocycles. The number of unbranched alkanes of at least 4 members (excludes halogenated alkanes) is 1. The highest BCUT2D eigenvalue weighted by Gasteiger charge is 2.24. The van der Waals surface area contributed by atoms with Gasteiger partial charge in [0.25, 0.3) is 5.91 Å². The van der Waals surface area contributed by atoms with Crippen molar-refractivity contribution in [3.8, 4) is 5.75 Å². The zero-order valence-electron chi connectivity index (χ0n) is 14.1. The van der Waals surface area contributed by atoms with Crippen molar-refractivity contribution in [2.24, 2.45) is 0 Å². The van der Waals surface area contributed by atoms with Crippen molar-refractivity contribution in [1.82, 2.24) is 10.1 Å². The van der Waals surface area contributed by atoms with Gasteiger partial charge in [0.2, 0.25) is 5.89 Å². The van der Waals surface area contributed by atoms with Crippen LogP contribution < -0.4 is 15.4 Å². The number of nitrogens with one attached hydrogen (secondary N) is 2. The fraction of sp³-hybridized carbons (Fsp3) is 0.471. The van der Waals surface area contributed by atoms with Gasteiger partial charge in [-0.05, 0) is 38.5 Å². The molecule has 0 fully saturated rings. The maximum Gasteiger partial charge on any atom is 0.265 e. The SMILES string of the molecule is CCCCc1noc([C@H](C)Nc2ccc3c(c2)NC(=O)[C@@H](C)O3)n1. The first-order valence-corrected chi connectivity index (χ1v) is 8.27. The number of rotatable bonds is 6. The van der Waals surface area contributed by atoms with E-state index in [4.69, 9.17) is 9.26 Å². The minimum Gasteiger partial charge on any atom is -0.479 e. The van der Waals surface area contributed by atoms with Gasteiger partial charge >= 0.3 is 0 Å². The number of hydrogen-bond acceptors (Lipinski definition) is 6. The molecule has 1 aliphatic heterocycles. The van der Waals surface area contributed by atoms with Gasteiger partial charge in [0.15, 0.2) is 11.9 Å². The lowest BCUT2D eigenvalue weighted by molar-refractivity contribution is -0.122. The Morgan fingerprint density at radius 1 is 1.42 bits per heavy atom. The van der Waals surface area contributed by atoms with Crippen LogP contribution in [-0.2, 0) is 11.2 Å². The fourth-order valence-corrected chi connectivity index (χ4v) is 2.49. The molecule has 2 heterocycles. The largest absolute Gasteiger partial charge is 0.479 e. The Labute approximate surface area is 140 Å². The van der Waals surface area contributed by atoms with Crippen molar-refractivity contribution in [1.29, 1.82) is 0 Å². The number of anilines is 2. The molecule has 7 heteroatoms. The van der Waals surface area contributed by atoms with Gasteiger partial charge < -0.3 is 19.9 Å². The molecule has 0 saturated carbocycles. The molecule has 1 amide bonds. The zero-order chi connectivity index (χ0) is 17.1. The Morgan fingerprint density at radius 3 is 3.04 bits per heavy atom. The van der Waals surface area contributed by atoms with Crippen LogP contribution in [-0.4, -0.2) is 22.2 Å². The van der Waals surface area contributed by atoms with E-state index in [1.54, 1.807) is 6.92 Å². The summed E-state index contributed by atoms with van der Waals surface area (Å²) in [6.45, 7) is 5.80. The third-order valence-corrected chi connectivity index (χ3v) is 3.90. The van der Waals surface area contributed by atoms with Crippen molar-refractivity contribution >= 4 is 17.3 Å². The second kappa shape index (κ2) is 6.90. The summed E-state index contributed by atoms with van der Waals surface area (Å²) in [5.74, 6) is 1.80. The number of benzene rings is 1. The van der Waals surface area contributed by atoms with Crippen LogP contribution in [0.15, 0.2) is 22.7 Å². The van der Waals surface area contributed by atoms with Crippen LogP contribution in [0.25, 0.3) is 0 Å². The van der Waals surface area contributed by atoms with Crippen molar-refractivity contribution in [2.75, 3.05) is 10.6 Å². The molecule has 7 nitrogen and oxygen atoms in total. The monoisotopic (exact) mass is 330 g/mol. The Kier molecular flexibility index (Phi) is 4.69. The molecule has 0 spiro atoms. The summed E-state index contributed by atoms with van der Waals surface area (Å²) in [7, 11) is 0. The van der Waals surface area contributed by atoms with Crippen LogP contribution >= 0.6 is 0 Å². The number of hydrogen-bond donors (Lipinski definition) is 2. The molecule has 3 rings (SSSR count). The summed E-state index contributed by atoms with van der Waals surface area (Å²) in [5, 5.41) is 10.1. The number of amides is 1. The molecule has 1 aromatic heterocycles. The number of aromatic nitrogens is 2. The Bertz CT molecular complexity index is 728. The minimum atomic E-state index is -0.477. The van der Waals surface area contributed by atoms with Gasteiger partial charge in [-0.15, -0.1) is 0 Å². The maximum atomic E-state index is 11.7. The summed E-state index contributed by atoms with van der Waals surface area (Å²) >= 11 is 0. The average Bonchev–Trinajstić information content (AvgIpc) is 3.03. The molecule has 24 heavy (non-hydrogen) atoms. The number of aryl methyl sites for hydroxylation is 1. The predicted molar refractivity (Wildman–Crippen MR) is 90.1 cm³/mol. The standard InChI is InChI=1S/C17H22N4O3/c1-4-5-6-15-20-17(24-21-15)10(2)18-12-7-8-14-13(9-12)19-16(22)11(3)23-14/h7-11,18H,4-6H2,1-3H3,(H,19,22)/t10-,11+/m0/s1. The van der Waals surface area contributed by atoms with Crippen LogP contribution in [0, 0.1) is 0 Å². The maximum absolute atomic E-state index is 11.7. The third kappa shape index (κ3) is 3.50. The fourth-order valence-electron chi connectivity index (χ4n) is 2.49. The molecule has 0 bridgehead atoms. The van der Waals surface area contributed by atoms with Gasteiger partial charge in [0.1, 0.15) is 11.8 Å². The van der Waals surface area contributed by atoms with Crippen LogP contribution in [0.2, 0.25) is 0 Å². The smallest absolute Gasteiger partial charge is 0.265 e. The molecule has 1 aliphatic rings. The first-order valence-electron chi connectivity index (χ1n) is 8.27. The Morgan fingerprint density at radius 2 is 2.25 bits per heavy atom. The molecular weight excluding hydrogens is 308 g/mol. The molecule has 2 aromatic rings. The number of nitrogens with zero attached hydrogens (tertiary/aromatic N) is 2. The summed E-state index contributed by atoms with van der Waals surface area (Å²) in [4.78, 5) is 16.1. The van der Waals surface area contributed by atoms with E-state index in [-0.39, 0.29) is 11.9 Å². The molecule has 128 valence electrons. The number of carbonyl (C=O) groups excluding carboxylic acids is 1. The van der Waals surface area contributed by atoms with E-state index in [1.807, 2.05) is 25.1 Å². The molecule has 0 aliphatic carbocycles. The quantitative estimate of drug-likeness (QED) is 0.844. The van der Waals surface area contributed by atoms with Gasteiger partial charge in [-0.25, -0.2) is 0 Å². The highest BCUT2D eigenvalue weighted by molar-refractivity contribution is 5.98. The van der Waals surface area contributed by atoms with Crippen LogP contribution in [0.1, 0.15) is 51.4 Å². The van der Waals surface area contributed by atoms with E-state index in [1.165, 1.54) is 0 Å². The van der Waals surface area contributed by atoms with Crippen LogP contribution in [0.5, 0.6) is 5.75 Å². The molecule has 0 saturated heterocycles. The second-order valence-corrected chi connectivity index (χ2v) is 5.98. The summed E-state index contributed by atoms with van der Waals surface area (Å²) in [6, 6.07) is 5.43. The number of fused-ring (bicyclic) bond motifs is 1. The topological polar surface area (TPSA) is 89.3 Å². The highest BCUT2D eigenvalue weighted by Crippen LogP contribution is 2.33.